The predicted octanol–water partition coefficient (Wildman–Crippen LogP) is 3.67. The Kier molecular flexibility index (Phi) is 2.70. The van der Waals surface area contributed by atoms with E-state index in [1.807, 2.05) is 6.07 Å². The van der Waals surface area contributed by atoms with Gasteiger partial charge in [0, 0.05) is 4.90 Å². The van der Waals surface area contributed by atoms with Crippen LogP contribution in [0.25, 0.3) is 0 Å². The SMILES string of the molecule is C#CC1(c2cccc(SC(F)F)c2)CC1. The average molecular weight is 224 g/mol. The van der Waals surface area contributed by atoms with Crippen molar-refractivity contribution in [3.63, 3.8) is 0 Å². The Balaban J connectivity index is 2.24. The van der Waals surface area contributed by atoms with Crippen molar-refractivity contribution in [2.75, 3.05) is 0 Å². The third-order valence-corrected chi connectivity index (χ3v) is 3.34. The minimum absolute atomic E-state index is 0.168. The summed E-state index contributed by atoms with van der Waals surface area (Å²) in [7, 11) is 0. The fourth-order valence-electron chi connectivity index (χ4n) is 1.61. The average Bonchev–Trinajstić information content (AvgIpc) is 2.97. The first-order valence-electron chi connectivity index (χ1n) is 4.69. The zero-order valence-electron chi connectivity index (χ0n) is 8.04. The zero-order valence-corrected chi connectivity index (χ0v) is 8.86. The molecule has 0 bridgehead atoms. The number of hydrogen-bond acceptors (Lipinski definition) is 1. The molecule has 0 nitrogen and oxygen atoms in total. The van der Waals surface area contributed by atoms with Gasteiger partial charge < -0.3 is 0 Å². The Labute approximate surface area is 92.1 Å². The molecule has 0 amide bonds. The van der Waals surface area contributed by atoms with E-state index in [-0.39, 0.29) is 5.41 Å². The Morgan fingerprint density at radius 3 is 2.67 bits per heavy atom. The number of thioether (sulfide) groups is 1. The number of halogens is 2. The molecular weight excluding hydrogens is 214 g/mol. The summed E-state index contributed by atoms with van der Waals surface area (Å²) in [4.78, 5) is 0.587. The van der Waals surface area contributed by atoms with Crippen LogP contribution in [0.1, 0.15) is 18.4 Å². The highest BCUT2D eigenvalue weighted by atomic mass is 32.2. The third-order valence-electron chi connectivity index (χ3n) is 2.64. The van der Waals surface area contributed by atoms with Crippen LogP contribution in [-0.2, 0) is 5.41 Å². The van der Waals surface area contributed by atoms with Gasteiger partial charge in [0.25, 0.3) is 5.76 Å². The second-order valence-electron chi connectivity index (χ2n) is 3.63. The quantitative estimate of drug-likeness (QED) is 0.557. The largest absolute Gasteiger partial charge is 0.288 e. The van der Waals surface area contributed by atoms with Gasteiger partial charge in [-0.25, -0.2) is 0 Å². The minimum atomic E-state index is -2.37. The van der Waals surface area contributed by atoms with E-state index in [1.54, 1.807) is 18.2 Å². The van der Waals surface area contributed by atoms with Crippen LogP contribution in [0, 0.1) is 12.3 Å². The van der Waals surface area contributed by atoms with Gasteiger partial charge in [-0.05, 0) is 30.5 Å². The smallest absolute Gasteiger partial charge is 0.198 e. The highest BCUT2D eigenvalue weighted by Crippen LogP contribution is 2.48. The molecular formula is C12H10F2S. The molecule has 1 aliphatic rings. The lowest BCUT2D eigenvalue weighted by atomic mass is 9.97. The van der Waals surface area contributed by atoms with E-state index < -0.39 is 5.76 Å². The van der Waals surface area contributed by atoms with Gasteiger partial charge in [0.15, 0.2) is 0 Å². The van der Waals surface area contributed by atoms with Crippen LogP contribution in [0.2, 0.25) is 0 Å². The summed E-state index contributed by atoms with van der Waals surface area (Å²) in [6.07, 6.45) is 7.38. The lowest BCUT2D eigenvalue weighted by Gasteiger charge is -2.09. The van der Waals surface area contributed by atoms with Gasteiger partial charge in [0.05, 0.1) is 5.41 Å². The monoisotopic (exact) mass is 224 g/mol. The van der Waals surface area contributed by atoms with Crippen molar-refractivity contribution in [3.8, 4) is 12.3 Å². The Hall–Kier alpha value is -1.01. The fourth-order valence-corrected chi connectivity index (χ4v) is 2.17. The van der Waals surface area contributed by atoms with Crippen molar-refractivity contribution in [1.82, 2.24) is 0 Å². The fraction of sp³-hybridized carbons (Fsp3) is 0.333. The van der Waals surface area contributed by atoms with E-state index in [0.717, 1.165) is 18.4 Å². The first-order valence-corrected chi connectivity index (χ1v) is 5.57. The van der Waals surface area contributed by atoms with E-state index in [2.05, 4.69) is 5.92 Å². The highest BCUT2D eigenvalue weighted by molar-refractivity contribution is 7.99. The Morgan fingerprint density at radius 1 is 1.40 bits per heavy atom. The minimum Gasteiger partial charge on any atom is -0.198 e. The van der Waals surface area contributed by atoms with Gasteiger partial charge in [-0.2, -0.15) is 8.78 Å². The van der Waals surface area contributed by atoms with Crippen LogP contribution in [0.4, 0.5) is 8.78 Å². The van der Waals surface area contributed by atoms with E-state index in [1.165, 1.54) is 0 Å². The molecule has 0 aliphatic heterocycles. The standard InChI is InChI=1S/C12H10F2S/c1-2-12(6-7-12)9-4-3-5-10(8-9)15-11(13)14/h1,3-5,8,11H,6-7H2. The van der Waals surface area contributed by atoms with Crippen molar-refractivity contribution >= 4 is 11.8 Å². The summed E-state index contributed by atoms with van der Waals surface area (Å²) in [5.74, 6) is 0.379. The van der Waals surface area contributed by atoms with Crippen LogP contribution in [-0.4, -0.2) is 5.76 Å². The van der Waals surface area contributed by atoms with Gasteiger partial charge in [-0.3, -0.25) is 0 Å². The van der Waals surface area contributed by atoms with Crippen LogP contribution >= 0.6 is 11.8 Å². The predicted molar refractivity (Wildman–Crippen MR) is 58.0 cm³/mol. The first-order chi connectivity index (χ1) is 7.16. The molecule has 78 valence electrons. The summed E-state index contributed by atoms with van der Waals surface area (Å²) in [6.45, 7) is 0. The summed E-state index contributed by atoms with van der Waals surface area (Å²) >= 11 is 0.565. The van der Waals surface area contributed by atoms with Crippen molar-refractivity contribution in [2.24, 2.45) is 0 Å². The van der Waals surface area contributed by atoms with E-state index in [0.29, 0.717) is 16.7 Å². The maximum absolute atomic E-state index is 12.2. The summed E-state index contributed by atoms with van der Waals surface area (Å²) in [6, 6.07) is 7.18. The maximum Gasteiger partial charge on any atom is 0.288 e. The van der Waals surface area contributed by atoms with Crippen LogP contribution < -0.4 is 0 Å². The van der Waals surface area contributed by atoms with Gasteiger partial charge in [0.1, 0.15) is 0 Å². The molecule has 1 aliphatic carbocycles. The second-order valence-corrected chi connectivity index (χ2v) is 4.70. The van der Waals surface area contributed by atoms with Crippen LogP contribution in [0.3, 0.4) is 0 Å². The van der Waals surface area contributed by atoms with Gasteiger partial charge in [-0.1, -0.05) is 29.8 Å². The zero-order chi connectivity index (χ0) is 10.9. The highest BCUT2D eigenvalue weighted by Gasteiger charge is 2.42. The first kappa shape index (κ1) is 10.5. The van der Waals surface area contributed by atoms with Gasteiger partial charge >= 0.3 is 0 Å². The molecule has 2 rings (SSSR count). The van der Waals surface area contributed by atoms with E-state index in [9.17, 15) is 8.78 Å². The van der Waals surface area contributed by atoms with Crippen LogP contribution in [0.5, 0.6) is 0 Å². The van der Waals surface area contributed by atoms with Crippen molar-refractivity contribution in [1.29, 1.82) is 0 Å². The van der Waals surface area contributed by atoms with Gasteiger partial charge in [0.2, 0.25) is 0 Å². The molecule has 3 heteroatoms. The van der Waals surface area contributed by atoms with Crippen molar-refractivity contribution in [2.45, 2.75) is 28.9 Å². The van der Waals surface area contributed by atoms with E-state index >= 15 is 0 Å². The maximum atomic E-state index is 12.2. The molecule has 0 N–H and O–H groups in total. The summed E-state index contributed by atoms with van der Waals surface area (Å²) < 4.78 is 24.3. The van der Waals surface area contributed by atoms with Gasteiger partial charge in [-0.15, -0.1) is 6.42 Å². The molecule has 0 heterocycles. The second kappa shape index (κ2) is 3.86. The number of hydrogen-bond donors (Lipinski definition) is 0. The molecule has 15 heavy (non-hydrogen) atoms. The molecule has 0 aromatic heterocycles. The molecule has 0 spiro atoms. The number of terminal acetylenes is 1. The number of alkyl halides is 2. The van der Waals surface area contributed by atoms with Crippen molar-refractivity contribution < 1.29 is 8.78 Å². The Morgan fingerprint density at radius 2 is 2.13 bits per heavy atom. The summed E-state index contributed by atoms with van der Waals surface area (Å²) in [5, 5.41) is 0. The molecule has 0 unspecified atom stereocenters. The van der Waals surface area contributed by atoms with Crippen molar-refractivity contribution in [3.05, 3.63) is 29.8 Å². The Bertz CT molecular complexity index is 402. The van der Waals surface area contributed by atoms with E-state index in [4.69, 9.17) is 6.42 Å². The molecule has 0 radical (unpaired) electrons. The third kappa shape index (κ3) is 2.15. The topological polar surface area (TPSA) is 0 Å². The normalized spacial score (nSPS) is 17.5. The molecule has 1 fully saturated rings. The lowest BCUT2D eigenvalue weighted by molar-refractivity contribution is 0.252. The summed E-state index contributed by atoms with van der Waals surface area (Å²) in [5.41, 5.74) is 0.828. The lowest BCUT2D eigenvalue weighted by Crippen LogP contribution is -2.02. The molecule has 1 saturated carbocycles. The number of benzene rings is 1. The molecule has 1 aromatic carbocycles. The molecule has 0 atom stereocenters. The molecule has 0 saturated heterocycles. The molecule has 1 aromatic rings. The number of rotatable bonds is 3. The van der Waals surface area contributed by atoms with Crippen LogP contribution in [0.15, 0.2) is 29.2 Å².